The highest BCUT2D eigenvalue weighted by molar-refractivity contribution is 8.13. The topological polar surface area (TPSA) is 77.4 Å². The molecule has 1 N–H and O–H groups in total. The van der Waals surface area contributed by atoms with Gasteiger partial charge in [-0.25, -0.2) is 8.42 Å². The number of nitrogens with zero attached hydrogens (tertiary/aromatic N) is 1. The van der Waals surface area contributed by atoms with E-state index in [9.17, 15) is 13.2 Å². The Kier molecular flexibility index (Phi) is 4.17. The Bertz CT molecular complexity index is 578. The molecule has 1 aliphatic carbocycles. The standard InChI is InChI=1S/C11H15ClN2O4S/c1-18-5-4-14-7-9(19(12,16)17)6-10(14)11(15)13-8-2-3-8/h6-8H,2-5H2,1H3,(H,13,15). The minimum atomic E-state index is -3.85. The molecule has 0 atom stereocenters. The van der Waals surface area contributed by atoms with Crippen LogP contribution in [0.4, 0.5) is 0 Å². The number of rotatable bonds is 6. The van der Waals surface area contributed by atoms with Crippen molar-refractivity contribution in [1.82, 2.24) is 9.88 Å². The van der Waals surface area contributed by atoms with E-state index in [1.807, 2.05) is 0 Å². The van der Waals surface area contributed by atoms with Gasteiger partial charge in [-0.05, 0) is 18.9 Å². The summed E-state index contributed by atoms with van der Waals surface area (Å²) in [6, 6.07) is 1.49. The Balaban J connectivity index is 2.26. The molecule has 1 fully saturated rings. The second-order valence-electron chi connectivity index (χ2n) is 4.43. The van der Waals surface area contributed by atoms with E-state index in [0.29, 0.717) is 13.2 Å². The number of methoxy groups -OCH3 is 1. The molecule has 0 radical (unpaired) electrons. The lowest BCUT2D eigenvalue weighted by atomic mass is 10.4. The van der Waals surface area contributed by atoms with Crippen LogP contribution in [0.25, 0.3) is 0 Å². The van der Waals surface area contributed by atoms with E-state index >= 15 is 0 Å². The van der Waals surface area contributed by atoms with Gasteiger partial charge in [-0.2, -0.15) is 0 Å². The number of carbonyl (C=O) groups is 1. The van der Waals surface area contributed by atoms with Gasteiger partial charge in [0, 0.05) is 36.6 Å². The molecule has 0 aromatic carbocycles. The first-order valence-electron chi connectivity index (χ1n) is 5.86. The summed E-state index contributed by atoms with van der Waals surface area (Å²) in [7, 11) is 2.99. The van der Waals surface area contributed by atoms with E-state index < -0.39 is 9.05 Å². The summed E-state index contributed by atoms with van der Waals surface area (Å²) in [6.07, 6.45) is 3.28. The molecule has 6 nitrogen and oxygen atoms in total. The molecule has 1 aliphatic rings. The molecule has 1 amide bonds. The highest BCUT2D eigenvalue weighted by Gasteiger charge is 2.26. The minimum Gasteiger partial charge on any atom is -0.383 e. The second kappa shape index (κ2) is 5.52. The lowest BCUT2D eigenvalue weighted by molar-refractivity contribution is 0.0939. The molecular weight excluding hydrogens is 292 g/mol. The highest BCUT2D eigenvalue weighted by atomic mass is 35.7. The van der Waals surface area contributed by atoms with Crippen molar-refractivity contribution in [2.24, 2.45) is 0 Å². The summed E-state index contributed by atoms with van der Waals surface area (Å²) in [6.45, 7) is 0.760. The van der Waals surface area contributed by atoms with Crippen LogP contribution in [0.5, 0.6) is 0 Å². The number of ether oxygens (including phenoxy) is 1. The Morgan fingerprint density at radius 1 is 1.58 bits per heavy atom. The Morgan fingerprint density at radius 3 is 2.79 bits per heavy atom. The first-order valence-corrected chi connectivity index (χ1v) is 8.17. The monoisotopic (exact) mass is 306 g/mol. The van der Waals surface area contributed by atoms with E-state index in [0.717, 1.165) is 12.8 Å². The molecule has 8 heteroatoms. The maximum Gasteiger partial charge on any atom is 0.268 e. The van der Waals surface area contributed by atoms with Crippen LogP contribution in [0, 0.1) is 0 Å². The van der Waals surface area contributed by atoms with Crippen LogP contribution in [0.3, 0.4) is 0 Å². The molecule has 1 aromatic heterocycles. The van der Waals surface area contributed by atoms with Gasteiger partial charge in [-0.1, -0.05) is 0 Å². The molecule has 19 heavy (non-hydrogen) atoms. The van der Waals surface area contributed by atoms with E-state index in [1.165, 1.54) is 23.9 Å². The molecule has 0 spiro atoms. The van der Waals surface area contributed by atoms with Gasteiger partial charge in [-0.15, -0.1) is 0 Å². The summed E-state index contributed by atoms with van der Waals surface area (Å²) >= 11 is 0. The molecule has 0 unspecified atom stereocenters. The van der Waals surface area contributed by atoms with Crippen molar-refractivity contribution < 1.29 is 17.9 Å². The van der Waals surface area contributed by atoms with E-state index in [4.69, 9.17) is 15.4 Å². The molecule has 106 valence electrons. The second-order valence-corrected chi connectivity index (χ2v) is 7.00. The van der Waals surface area contributed by atoms with Crippen molar-refractivity contribution in [3.8, 4) is 0 Å². The van der Waals surface area contributed by atoms with Crippen molar-refractivity contribution in [2.75, 3.05) is 13.7 Å². The molecule has 1 saturated carbocycles. The number of hydrogen-bond donors (Lipinski definition) is 1. The molecular formula is C11H15ClN2O4S. The summed E-state index contributed by atoms with van der Waals surface area (Å²) < 4.78 is 29.1. The average Bonchev–Trinajstić information content (AvgIpc) is 3.01. The third-order valence-corrected chi connectivity index (χ3v) is 4.16. The zero-order valence-electron chi connectivity index (χ0n) is 10.4. The summed E-state index contributed by atoms with van der Waals surface area (Å²) in [5, 5.41) is 2.81. The molecule has 2 rings (SSSR count). The zero-order chi connectivity index (χ0) is 14.0. The first-order chi connectivity index (χ1) is 8.91. The number of hydrogen-bond acceptors (Lipinski definition) is 4. The molecule has 1 aromatic rings. The molecule has 0 bridgehead atoms. The maximum absolute atomic E-state index is 12.0. The summed E-state index contributed by atoms with van der Waals surface area (Å²) in [5.41, 5.74) is 0.281. The van der Waals surface area contributed by atoms with Gasteiger partial charge in [-0.3, -0.25) is 4.79 Å². The number of halogens is 1. The third-order valence-electron chi connectivity index (χ3n) is 2.83. The molecule has 0 saturated heterocycles. The van der Waals surface area contributed by atoms with Crippen LogP contribution in [-0.2, 0) is 20.3 Å². The predicted octanol–water partition coefficient (Wildman–Crippen LogP) is 0.954. The number of aromatic nitrogens is 1. The fourth-order valence-corrected chi connectivity index (χ4v) is 2.43. The Morgan fingerprint density at radius 2 is 2.26 bits per heavy atom. The van der Waals surface area contributed by atoms with Crippen molar-refractivity contribution in [3.05, 3.63) is 18.0 Å². The van der Waals surface area contributed by atoms with Crippen LogP contribution in [0.15, 0.2) is 17.2 Å². The smallest absolute Gasteiger partial charge is 0.268 e. The van der Waals surface area contributed by atoms with Crippen LogP contribution in [0.1, 0.15) is 23.3 Å². The molecule has 0 aliphatic heterocycles. The largest absolute Gasteiger partial charge is 0.383 e. The first kappa shape index (κ1) is 14.4. The van der Waals surface area contributed by atoms with Crippen molar-refractivity contribution in [3.63, 3.8) is 0 Å². The fourth-order valence-electron chi connectivity index (χ4n) is 1.67. The lowest BCUT2D eigenvalue weighted by Gasteiger charge is -2.08. The lowest BCUT2D eigenvalue weighted by Crippen LogP contribution is -2.28. The fraction of sp³-hybridized carbons (Fsp3) is 0.545. The van der Waals surface area contributed by atoms with Gasteiger partial charge >= 0.3 is 0 Å². The van der Waals surface area contributed by atoms with Crippen LogP contribution < -0.4 is 5.32 Å². The Hall–Kier alpha value is -1.05. The minimum absolute atomic E-state index is 0.0776. The number of nitrogens with one attached hydrogen (secondary N) is 1. The normalized spacial score (nSPS) is 15.5. The quantitative estimate of drug-likeness (QED) is 0.794. The van der Waals surface area contributed by atoms with Gasteiger partial charge < -0.3 is 14.6 Å². The van der Waals surface area contributed by atoms with Crippen LogP contribution >= 0.6 is 10.7 Å². The van der Waals surface area contributed by atoms with Gasteiger partial charge in [0.2, 0.25) is 0 Å². The van der Waals surface area contributed by atoms with Crippen LogP contribution in [0.2, 0.25) is 0 Å². The maximum atomic E-state index is 12.0. The van der Waals surface area contributed by atoms with Crippen molar-refractivity contribution >= 4 is 25.6 Å². The van der Waals surface area contributed by atoms with Crippen molar-refractivity contribution in [1.29, 1.82) is 0 Å². The van der Waals surface area contributed by atoms with Gasteiger partial charge in [0.05, 0.1) is 6.61 Å². The van der Waals surface area contributed by atoms with Gasteiger partial charge in [0.1, 0.15) is 10.6 Å². The number of amides is 1. The van der Waals surface area contributed by atoms with E-state index in [-0.39, 0.29) is 22.5 Å². The van der Waals surface area contributed by atoms with E-state index in [2.05, 4.69) is 5.32 Å². The molecule has 1 heterocycles. The highest BCUT2D eigenvalue weighted by Crippen LogP contribution is 2.22. The summed E-state index contributed by atoms with van der Waals surface area (Å²) in [4.78, 5) is 11.9. The number of carbonyl (C=O) groups excluding carboxylic acids is 1. The van der Waals surface area contributed by atoms with Gasteiger partial charge in [0.15, 0.2) is 0 Å². The summed E-state index contributed by atoms with van der Waals surface area (Å²) in [5.74, 6) is -0.287. The predicted molar refractivity (Wildman–Crippen MR) is 69.8 cm³/mol. The third kappa shape index (κ3) is 3.71. The Labute approximate surface area is 116 Å². The average molecular weight is 307 g/mol. The van der Waals surface area contributed by atoms with E-state index in [1.54, 1.807) is 0 Å². The van der Waals surface area contributed by atoms with Crippen LogP contribution in [-0.4, -0.2) is 38.7 Å². The zero-order valence-corrected chi connectivity index (χ0v) is 12.0. The van der Waals surface area contributed by atoms with Gasteiger partial charge in [0.25, 0.3) is 15.0 Å². The van der Waals surface area contributed by atoms with Crippen molar-refractivity contribution in [2.45, 2.75) is 30.3 Å². The SMILES string of the molecule is COCCn1cc(S(=O)(=O)Cl)cc1C(=O)NC1CC1.